The van der Waals surface area contributed by atoms with Gasteiger partial charge in [-0.05, 0) is 58.4 Å². The van der Waals surface area contributed by atoms with Crippen molar-refractivity contribution in [1.82, 2.24) is 4.90 Å². The van der Waals surface area contributed by atoms with Gasteiger partial charge in [0.05, 0.1) is 18.6 Å². The van der Waals surface area contributed by atoms with Gasteiger partial charge in [-0.1, -0.05) is 56.8 Å². The molecule has 0 aliphatic carbocycles. The SMILES string of the molecule is CC(C)=CCC/C(C)=C/CC[C@H](COCC[Si](C)(C)C)C(=O)N1C(=O)OC[C@@H]1C(C)C. The van der Waals surface area contributed by atoms with Crippen LogP contribution in [-0.4, -0.2) is 50.8 Å². The summed E-state index contributed by atoms with van der Waals surface area (Å²) in [5.74, 6) is -0.304. The largest absolute Gasteiger partial charge is 0.447 e. The van der Waals surface area contributed by atoms with E-state index in [9.17, 15) is 9.59 Å². The first-order chi connectivity index (χ1) is 14.4. The number of carbonyl (C=O) groups excluding carboxylic acids is 2. The number of rotatable bonds is 13. The third-order valence-electron chi connectivity index (χ3n) is 5.68. The van der Waals surface area contributed by atoms with Crippen LogP contribution in [0.5, 0.6) is 0 Å². The van der Waals surface area contributed by atoms with Crippen LogP contribution in [0.25, 0.3) is 0 Å². The molecule has 0 aromatic carbocycles. The van der Waals surface area contributed by atoms with Crippen molar-refractivity contribution in [3.8, 4) is 0 Å². The van der Waals surface area contributed by atoms with Crippen LogP contribution < -0.4 is 0 Å². The summed E-state index contributed by atoms with van der Waals surface area (Å²) in [6.07, 6.45) is 7.53. The summed E-state index contributed by atoms with van der Waals surface area (Å²) < 4.78 is 11.1. The lowest BCUT2D eigenvalue weighted by atomic mass is 9.98. The highest BCUT2D eigenvalue weighted by molar-refractivity contribution is 6.76. The number of hydrogen-bond acceptors (Lipinski definition) is 4. The van der Waals surface area contributed by atoms with Gasteiger partial charge in [-0.2, -0.15) is 0 Å². The first-order valence-corrected chi connectivity index (χ1v) is 15.5. The molecule has 0 aromatic rings. The second-order valence-corrected chi connectivity index (χ2v) is 16.2. The molecule has 1 heterocycles. The topological polar surface area (TPSA) is 55.8 Å². The number of cyclic esters (lactones) is 1. The Balaban J connectivity index is 2.77. The van der Waals surface area contributed by atoms with Crippen LogP contribution in [0.4, 0.5) is 4.79 Å². The van der Waals surface area contributed by atoms with Crippen LogP contribution in [0.3, 0.4) is 0 Å². The molecule has 1 saturated heterocycles. The number of amides is 2. The molecule has 0 bridgehead atoms. The van der Waals surface area contributed by atoms with Crippen molar-refractivity contribution in [1.29, 1.82) is 0 Å². The van der Waals surface area contributed by atoms with Crippen molar-refractivity contribution in [2.45, 2.75) is 92.0 Å². The normalized spacial score (nSPS) is 18.4. The molecule has 31 heavy (non-hydrogen) atoms. The molecule has 0 aromatic heterocycles. The van der Waals surface area contributed by atoms with Crippen LogP contribution in [-0.2, 0) is 14.3 Å². The maximum atomic E-state index is 13.3. The molecule has 178 valence electrons. The van der Waals surface area contributed by atoms with Gasteiger partial charge in [-0.15, -0.1) is 0 Å². The average Bonchev–Trinajstić information content (AvgIpc) is 3.03. The summed E-state index contributed by atoms with van der Waals surface area (Å²) in [6.45, 7) is 18.7. The Bertz CT molecular complexity index is 644. The highest BCUT2D eigenvalue weighted by Crippen LogP contribution is 2.24. The number of imide groups is 1. The van der Waals surface area contributed by atoms with Crippen molar-refractivity contribution < 1.29 is 19.1 Å². The molecule has 0 unspecified atom stereocenters. The van der Waals surface area contributed by atoms with Gasteiger partial charge in [0.2, 0.25) is 5.91 Å². The van der Waals surface area contributed by atoms with E-state index < -0.39 is 14.2 Å². The molecule has 6 heteroatoms. The summed E-state index contributed by atoms with van der Waals surface area (Å²) in [5, 5.41) is 0. The maximum absolute atomic E-state index is 13.3. The smallest absolute Gasteiger partial charge is 0.416 e. The molecule has 0 N–H and O–H groups in total. The third kappa shape index (κ3) is 10.6. The first kappa shape index (κ1) is 27.6. The third-order valence-corrected chi connectivity index (χ3v) is 7.38. The van der Waals surface area contributed by atoms with Gasteiger partial charge in [0.1, 0.15) is 6.61 Å². The molecule has 0 radical (unpaired) electrons. The van der Waals surface area contributed by atoms with Crippen LogP contribution in [0, 0.1) is 11.8 Å². The van der Waals surface area contributed by atoms with Crippen LogP contribution >= 0.6 is 0 Å². The van der Waals surface area contributed by atoms with Crippen molar-refractivity contribution >= 4 is 20.1 Å². The van der Waals surface area contributed by atoms with Gasteiger partial charge >= 0.3 is 6.09 Å². The first-order valence-electron chi connectivity index (χ1n) is 11.8. The molecule has 1 aliphatic heterocycles. The Kier molecular flexibility index (Phi) is 11.8. The summed E-state index contributed by atoms with van der Waals surface area (Å²) in [5.41, 5.74) is 2.68. The molecule has 5 nitrogen and oxygen atoms in total. The Morgan fingerprint density at radius 1 is 1.19 bits per heavy atom. The van der Waals surface area contributed by atoms with E-state index in [-0.39, 0.29) is 30.4 Å². The van der Waals surface area contributed by atoms with E-state index in [1.807, 2.05) is 13.8 Å². The summed E-state index contributed by atoms with van der Waals surface area (Å²) in [7, 11) is -1.19. The van der Waals surface area contributed by atoms with Crippen LogP contribution in [0.1, 0.15) is 60.3 Å². The zero-order chi connectivity index (χ0) is 23.6. The lowest BCUT2D eigenvalue weighted by Crippen LogP contribution is -2.46. The number of carbonyl (C=O) groups is 2. The fourth-order valence-electron chi connectivity index (χ4n) is 3.48. The number of allylic oxidation sites excluding steroid dienone is 4. The van der Waals surface area contributed by atoms with E-state index in [0.29, 0.717) is 19.6 Å². The Hall–Kier alpha value is -1.40. The molecule has 1 aliphatic rings. The Morgan fingerprint density at radius 2 is 1.87 bits per heavy atom. The average molecular weight is 452 g/mol. The molecule has 1 rings (SSSR count). The van der Waals surface area contributed by atoms with Crippen molar-refractivity contribution in [3.63, 3.8) is 0 Å². The molecule has 0 spiro atoms. The van der Waals surface area contributed by atoms with Crippen molar-refractivity contribution in [2.75, 3.05) is 19.8 Å². The van der Waals surface area contributed by atoms with Crippen LogP contribution in [0.2, 0.25) is 25.7 Å². The fraction of sp³-hybridized carbons (Fsp3) is 0.760. The maximum Gasteiger partial charge on any atom is 0.416 e. The molecule has 2 atom stereocenters. The molecule has 0 saturated carbocycles. The minimum atomic E-state index is -1.19. The van der Waals surface area contributed by atoms with Gasteiger partial charge in [-0.3, -0.25) is 4.79 Å². The Labute approximate surface area is 191 Å². The van der Waals surface area contributed by atoms with E-state index in [0.717, 1.165) is 25.3 Å². The standard InChI is InChI=1S/C25H45NO4Si/c1-19(2)11-9-12-21(5)13-10-14-22(17-29-15-16-31(6,7)8)24(27)26-23(20(3)4)18-30-25(26)28/h11,13,20,22-23H,9-10,12,14-18H2,1-8H3/b21-13+/t22-,23-/m1/s1. The minimum Gasteiger partial charge on any atom is -0.447 e. The van der Waals surface area contributed by atoms with E-state index >= 15 is 0 Å². The predicted molar refractivity (Wildman–Crippen MR) is 131 cm³/mol. The highest BCUT2D eigenvalue weighted by atomic mass is 28.3. The second-order valence-electron chi connectivity index (χ2n) is 10.6. The number of nitrogens with zero attached hydrogens (tertiary/aromatic N) is 1. The zero-order valence-electron chi connectivity index (χ0n) is 21.1. The van der Waals surface area contributed by atoms with E-state index in [1.54, 1.807) is 0 Å². The summed E-state index contributed by atoms with van der Waals surface area (Å²) in [6, 6.07) is 0.878. The Morgan fingerprint density at radius 3 is 2.45 bits per heavy atom. The van der Waals surface area contributed by atoms with Gasteiger partial charge in [0, 0.05) is 14.7 Å². The summed E-state index contributed by atoms with van der Waals surface area (Å²) in [4.78, 5) is 26.9. The van der Waals surface area contributed by atoms with Crippen LogP contribution in [0.15, 0.2) is 23.3 Å². The van der Waals surface area contributed by atoms with E-state index in [4.69, 9.17) is 9.47 Å². The van der Waals surface area contributed by atoms with Gasteiger partial charge < -0.3 is 9.47 Å². The van der Waals surface area contributed by atoms with Crippen molar-refractivity contribution in [2.24, 2.45) is 11.8 Å². The number of ether oxygens (including phenoxy) is 2. The monoisotopic (exact) mass is 451 g/mol. The van der Waals surface area contributed by atoms with E-state index in [1.165, 1.54) is 16.0 Å². The zero-order valence-corrected chi connectivity index (χ0v) is 22.1. The number of hydrogen-bond donors (Lipinski definition) is 0. The lowest BCUT2D eigenvalue weighted by molar-refractivity contribution is -0.136. The quantitative estimate of drug-likeness (QED) is 0.184. The molecule has 1 fully saturated rings. The van der Waals surface area contributed by atoms with E-state index in [2.05, 4.69) is 52.6 Å². The van der Waals surface area contributed by atoms with Crippen molar-refractivity contribution in [3.05, 3.63) is 23.3 Å². The summed E-state index contributed by atoms with van der Waals surface area (Å²) >= 11 is 0. The molecule has 2 amide bonds. The second kappa shape index (κ2) is 13.2. The van der Waals surface area contributed by atoms with Gasteiger partial charge in [0.15, 0.2) is 0 Å². The van der Waals surface area contributed by atoms with Gasteiger partial charge in [-0.25, -0.2) is 9.69 Å². The van der Waals surface area contributed by atoms with Gasteiger partial charge in [0.25, 0.3) is 0 Å². The molecular weight excluding hydrogens is 406 g/mol. The highest BCUT2D eigenvalue weighted by Gasteiger charge is 2.41. The lowest BCUT2D eigenvalue weighted by Gasteiger charge is -2.27. The predicted octanol–water partition coefficient (Wildman–Crippen LogP) is 6.43. The minimum absolute atomic E-state index is 0.148. The molecular formula is C25H45NO4Si. The fourth-order valence-corrected chi connectivity index (χ4v) is 4.24.